The molecule has 26 heavy (non-hydrogen) atoms. The first-order chi connectivity index (χ1) is 12.3. The highest BCUT2D eigenvalue weighted by atomic mass is 35.5. The van der Waals surface area contributed by atoms with Gasteiger partial charge in [0.15, 0.2) is 5.76 Å². The van der Waals surface area contributed by atoms with Gasteiger partial charge in [-0.15, -0.1) is 0 Å². The molecule has 0 unspecified atom stereocenters. The second-order valence-corrected chi connectivity index (χ2v) is 6.53. The molecule has 1 aliphatic heterocycles. The number of nitro groups is 1. The first-order valence-electron chi connectivity index (χ1n) is 6.75. The number of rotatable bonds is 2. The fourth-order valence-electron chi connectivity index (χ4n) is 2.40. The van der Waals surface area contributed by atoms with E-state index in [9.17, 15) is 20.2 Å². The van der Waals surface area contributed by atoms with Crippen LogP contribution in [0.2, 0.25) is 20.1 Å². The third-order valence-corrected chi connectivity index (χ3v) is 5.40. The summed E-state index contributed by atoms with van der Waals surface area (Å²) in [5.74, 6) is -0.984. The van der Waals surface area contributed by atoms with Crippen molar-refractivity contribution in [3.63, 3.8) is 0 Å². The molecule has 3 rings (SSSR count). The van der Waals surface area contributed by atoms with E-state index in [1.807, 2.05) is 6.07 Å². The molecule has 10 heteroatoms. The van der Waals surface area contributed by atoms with Gasteiger partial charge >= 0.3 is 5.97 Å². The predicted octanol–water partition coefficient (Wildman–Crippen LogP) is 5.77. The molecule has 130 valence electrons. The summed E-state index contributed by atoms with van der Waals surface area (Å²) in [5, 5.41) is 19.9. The van der Waals surface area contributed by atoms with Crippen LogP contribution in [0.4, 0.5) is 5.69 Å². The lowest BCUT2D eigenvalue weighted by molar-refractivity contribution is -0.384. The first-order valence-corrected chi connectivity index (χ1v) is 8.26. The number of nitriles is 1. The number of ether oxygens (including phenoxy) is 1. The summed E-state index contributed by atoms with van der Waals surface area (Å²) >= 11 is 24.2. The Balaban J connectivity index is 2.29. The van der Waals surface area contributed by atoms with Crippen LogP contribution >= 0.6 is 46.4 Å². The van der Waals surface area contributed by atoms with E-state index in [0.29, 0.717) is 0 Å². The normalized spacial score (nSPS) is 14.5. The number of esters is 1. The SMILES string of the molecule is N#C/C(=C1\OC(=O)c2c(Cl)c(Cl)c(Cl)c(Cl)c21)c1ccc([N+](=O)[O-])cc1. The van der Waals surface area contributed by atoms with E-state index in [0.717, 1.165) is 0 Å². The van der Waals surface area contributed by atoms with Gasteiger partial charge in [0.2, 0.25) is 0 Å². The number of nitrogens with zero attached hydrogens (tertiary/aromatic N) is 2. The van der Waals surface area contributed by atoms with Crippen LogP contribution in [-0.2, 0) is 4.74 Å². The van der Waals surface area contributed by atoms with Crippen molar-refractivity contribution >= 4 is 69.4 Å². The minimum absolute atomic E-state index is 0.0472. The fraction of sp³-hybridized carbons (Fsp3) is 0. The number of cyclic esters (lactones) is 1. The summed E-state index contributed by atoms with van der Waals surface area (Å²) in [6.45, 7) is 0. The molecular weight excluding hydrogens is 426 g/mol. The maximum atomic E-state index is 12.2. The minimum atomic E-state index is -0.838. The summed E-state index contributed by atoms with van der Waals surface area (Å²) in [5.41, 5.74) is 0.00724. The quantitative estimate of drug-likeness (QED) is 0.151. The molecule has 0 aliphatic carbocycles. The molecule has 0 spiro atoms. The largest absolute Gasteiger partial charge is 0.421 e. The standard InChI is InChI=1S/C16H4Cl4N2O4/c17-11-9-10(12(18)14(20)13(11)19)16(23)26-15(9)8(5-21)6-1-3-7(4-2-6)22(24)25/h1-4H/b15-8+. The molecule has 0 bridgehead atoms. The second kappa shape index (κ2) is 6.78. The van der Waals surface area contributed by atoms with Crippen molar-refractivity contribution in [3.05, 3.63) is 71.2 Å². The Morgan fingerprint density at radius 3 is 2.04 bits per heavy atom. The van der Waals surface area contributed by atoms with Crippen molar-refractivity contribution < 1.29 is 14.5 Å². The number of halogens is 4. The molecule has 2 aromatic rings. The van der Waals surface area contributed by atoms with Gasteiger partial charge in [-0.3, -0.25) is 10.1 Å². The lowest BCUT2D eigenvalue weighted by atomic mass is 10.00. The highest BCUT2D eigenvalue weighted by Gasteiger charge is 2.37. The van der Waals surface area contributed by atoms with E-state index in [1.54, 1.807) is 0 Å². The fourth-order valence-corrected chi connectivity index (χ4v) is 3.42. The van der Waals surface area contributed by atoms with E-state index < -0.39 is 10.9 Å². The van der Waals surface area contributed by atoms with Crippen molar-refractivity contribution in [2.24, 2.45) is 0 Å². The molecule has 0 radical (unpaired) electrons. The van der Waals surface area contributed by atoms with Gasteiger partial charge in [0, 0.05) is 12.1 Å². The topological polar surface area (TPSA) is 93.2 Å². The van der Waals surface area contributed by atoms with E-state index >= 15 is 0 Å². The Kier molecular flexibility index (Phi) is 4.82. The van der Waals surface area contributed by atoms with Gasteiger partial charge < -0.3 is 4.74 Å². The van der Waals surface area contributed by atoms with Gasteiger partial charge in [0.25, 0.3) is 5.69 Å². The Morgan fingerprint density at radius 2 is 1.54 bits per heavy atom. The number of hydrogen-bond acceptors (Lipinski definition) is 5. The van der Waals surface area contributed by atoms with E-state index in [1.165, 1.54) is 24.3 Å². The Labute approximate surface area is 166 Å². The predicted molar refractivity (Wildman–Crippen MR) is 97.4 cm³/mol. The van der Waals surface area contributed by atoms with Crippen molar-refractivity contribution in [3.8, 4) is 6.07 Å². The summed E-state index contributed by atoms with van der Waals surface area (Å²) < 4.78 is 5.19. The van der Waals surface area contributed by atoms with Crippen molar-refractivity contribution in [1.82, 2.24) is 0 Å². The maximum absolute atomic E-state index is 12.2. The number of hydrogen-bond donors (Lipinski definition) is 0. The van der Waals surface area contributed by atoms with Gasteiger partial charge in [-0.05, 0) is 17.7 Å². The highest BCUT2D eigenvalue weighted by molar-refractivity contribution is 6.54. The number of fused-ring (bicyclic) bond motifs is 1. The van der Waals surface area contributed by atoms with Crippen LogP contribution in [-0.4, -0.2) is 10.9 Å². The summed E-state index contributed by atoms with van der Waals surface area (Å²) in [7, 11) is 0. The average Bonchev–Trinajstić information content (AvgIpc) is 2.96. The average molecular weight is 430 g/mol. The van der Waals surface area contributed by atoms with Gasteiger partial charge in [-0.1, -0.05) is 46.4 Å². The van der Waals surface area contributed by atoms with Crippen LogP contribution in [0.15, 0.2) is 24.3 Å². The zero-order chi connectivity index (χ0) is 19.2. The van der Waals surface area contributed by atoms with Crippen LogP contribution in [0.1, 0.15) is 21.5 Å². The molecule has 0 aromatic heterocycles. The number of carbonyl (C=O) groups excluding carboxylic acids is 1. The maximum Gasteiger partial charge on any atom is 0.345 e. The molecule has 0 fully saturated rings. The van der Waals surface area contributed by atoms with Gasteiger partial charge in [0.05, 0.1) is 36.1 Å². The summed E-state index contributed by atoms with van der Waals surface area (Å²) in [6, 6.07) is 7.04. The van der Waals surface area contributed by atoms with Crippen LogP contribution < -0.4 is 0 Å². The number of non-ortho nitro benzene ring substituents is 1. The molecule has 0 amide bonds. The number of benzene rings is 2. The molecule has 2 aromatic carbocycles. The molecule has 1 aliphatic rings. The zero-order valence-electron chi connectivity index (χ0n) is 12.3. The number of carbonyl (C=O) groups is 1. The third kappa shape index (κ3) is 2.79. The number of allylic oxidation sites excluding steroid dienone is 1. The van der Waals surface area contributed by atoms with E-state index in [-0.39, 0.29) is 53.8 Å². The molecule has 1 heterocycles. The molecule has 0 N–H and O–H groups in total. The van der Waals surface area contributed by atoms with Crippen LogP contribution in [0.25, 0.3) is 11.3 Å². The van der Waals surface area contributed by atoms with E-state index in [4.69, 9.17) is 51.1 Å². The van der Waals surface area contributed by atoms with Gasteiger partial charge in [-0.2, -0.15) is 5.26 Å². The zero-order valence-corrected chi connectivity index (χ0v) is 15.4. The van der Waals surface area contributed by atoms with Crippen molar-refractivity contribution in [2.75, 3.05) is 0 Å². The third-order valence-electron chi connectivity index (χ3n) is 3.60. The van der Waals surface area contributed by atoms with Gasteiger partial charge in [0.1, 0.15) is 11.6 Å². The smallest absolute Gasteiger partial charge is 0.345 e. The second-order valence-electron chi connectivity index (χ2n) is 5.02. The lowest BCUT2D eigenvalue weighted by Gasteiger charge is -2.09. The lowest BCUT2D eigenvalue weighted by Crippen LogP contribution is -1.96. The Morgan fingerprint density at radius 1 is 1.00 bits per heavy atom. The minimum Gasteiger partial charge on any atom is -0.421 e. The molecule has 0 saturated heterocycles. The molecule has 0 saturated carbocycles. The van der Waals surface area contributed by atoms with Crippen LogP contribution in [0.3, 0.4) is 0 Å². The summed E-state index contributed by atoms with van der Waals surface area (Å²) in [4.78, 5) is 22.4. The highest BCUT2D eigenvalue weighted by Crippen LogP contribution is 2.49. The van der Waals surface area contributed by atoms with Crippen LogP contribution in [0, 0.1) is 21.4 Å². The Hall–Kier alpha value is -2.30. The molecule has 0 atom stereocenters. The van der Waals surface area contributed by atoms with Crippen molar-refractivity contribution in [2.45, 2.75) is 0 Å². The van der Waals surface area contributed by atoms with Gasteiger partial charge in [-0.25, -0.2) is 4.79 Å². The van der Waals surface area contributed by atoms with Crippen molar-refractivity contribution in [1.29, 1.82) is 5.26 Å². The monoisotopic (exact) mass is 428 g/mol. The van der Waals surface area contributed by atoms with Crippen LogP contribution in [0.5, 0.6) is 0 Å². The first kappa shape index (κ1) is 18.5. The molecular formula is C16H4Cl4N2O4. The van der Waals surface area contributed by atoms with E-state index in [2.05, 4.69) is 0 Å². The number of nitro benzene ring substituents is 1. The Bertz CT molecular complexity index is 1060. The molecule has 6 nitrogen and oxygen atoms in total. The summed E-state index contributed by atoms with van der Waals surface area (Å²) in [6.07, 6.45) is 0.